The molecule has 0 atom stereocenters. The zero-order chi connectivity index (χ0) is 19.6. The second-order valence-electron chi connectivity index (χ2n) is 6.88. The zero-order valence-corrected chi connectivity index (χ0v) is 16.0. The molecule has 6 heteroatoms. The summed E-state index contributed by atoms with van der Waals surface area (Å²) >= 11 is 0. The van der Waals surface area contributed by atoms with Crippen molar-refractivity contribution in [1.29, 1.82) is 0 Å². The summed E-state index contributed by atoms with van der Waals surface area (Å²) in [5, 5.41) is 4.16. The number of aryl methyl sites for hydroxylation is 1. The van der Waals surface area contributed by atoms with Crippen LogP contribution < -0.4 is 0 Å². The topological polar surface area (TPSA) is 76.1 Å². The molecule has 1 N–H and O–H groups in total. The molecule has 1 aliphatic rings. The lowest BCUT2D eigenvalue weighted by Crippen LogP contribution is -1.95. The summed E-state index contributed by atoms with van der Waals surface area (Å²) in [4.78, 5) is 21.8. The number of oxime groups is 1. The van der Waals surface area contributed by atoms with E-state index in [9.17, 15) is 0 Å². The van der Waals surface area contributed by atoms with Crippen molar-refractivity contribution < 1.29 is 4.84 Å². The summed E-state index contributed by atoms with van der Waals surface area (Å²) < 4.78 is 0. The first-order valence-electron chi connectivity index (χ1n) is 9.48. The van der Waals surface area contributed by atoms with E-state index in [0.717, 1.165) is 58.0 Å². The van der Waals surface area contributed by atoms with E-state index in [0.29, 0.717) is 0 Å². The molecule has 0 saturated heterocycles. The number of aromatic nitrogens is 4. The summed E-state index contributed by atoms with van der Waals surface area (Å²) in [5.41, 5.74) is 8.37. The van der Waals surface area contributed by atoms with E-state index in [4.69, 9.17) is 9.82 Å². The summed E-state index contributed by atoms with van der Waals surface area (Å²) in [5.74, 6) is 0.794. The predicted molar refractivity (Wildman–Crippen MR) is 112 cm³/mol. The molecule has 0 unspecified atom stereocenters. The molecule has 0 bridgehead atoms. The van der Waals surface area contributed by atoms with E-state index < -0.39 is 0 Å². The van der Waals surface area contributed by atoms with Gasteiger partial charge >= 0.3 is 0 Å². The van der Waals surface area contributed by atoms with E-state index in [2.05, 4.69) is 38.3 Å². The van der Waals surface area contributed by atoms with E-state index in [1.165, 1.54) is 5.56 Å². The molecule has 3 aromatic heterocycles. The average molecular weight is 381 g/mol. The summed E-state index contributed by atoms with van der Waals surface area (Å²) in [7, 11) is 1.59. The molecule has 5 rings (SSSR count). The van der Waals surface area contributed by atoms with Crippen molar-refractivity contribution in [1.82, 2.24) is 19.9 Å². The number of hydrogen-bond acceptors (Lipinski definition) is 5. The number of imidazole rings is 1. The first kappa shape index (κ1) is 17.3. The van der Waals surface area contributed by atoms with Gasteiger partial charge in [-0.25, -0.2) is 4.98 Å². The molecule has 1 aliphatic carbocycles. The third-order valence-corrected chi connectivity index (χ3v) is 5.13. The standard InChI is InChI=1S/C23H19N5O/c1-29-28-20-7-5-16-13-17(4-6-19(16)20)22-21(15-8-11-24-12-9-15)26-23(27-22)18-3-2-10-25-14-18/h2-4,6,8-14H,5,7H2,1H3,(H,26,27). The van der Waals surface area contributed by atoms with Crippen LogP contribution in [0, 0.1) is 0 Å². The Hall–Kier alpha value is -3.80. The van der Waals surface area contributed by atoms with E-state index in [-0.39, 0.29) is 0 Å². The second-order valence-corrected chi connectivity index (χ2v) is 6.88. The lowest BCUT2D eigenvalue weighted by molar-refractivity contribution is 0.213. The minimum atomic E-state index is 0.794. The van der Waals surface area contributed by atoms with E-state index in [1.54, 1.807) is 25.7 Å². The number of aromatic amines is 1. The van der Waals surface area contributed by atoms with Crippen molar-refractivity contribution in [3.05, 3.63) is 78.4 Å². The summed E-state index contributed by atoms with van der Waals surface area (Å²) in [6, 6.07) is 14.3. The number of nitrogens with one attached hydrogen (secondary N) is 1. The fraction of sp³-hybridized carbons (Fsp3) is 0.130. The summed E-state index contributed by atoms with van der Waals surface area (Å²) in [6.45, 7) is 0. The van der Waals surface area contributed by atoms with Gasteiger partial charge in [0.15, 0.2) is 0 Å². The molecule has 3 heterocycles. The molecule has 0 fully saturated rings. The Morgan fingerprint density at radius 3 is 2.62 bits per heavy atom. The highest BCUT2D eigenvalue weighted by Crippen LogP contribution is 2.35. The molecule has 0 radical (unpaired) electrons. The van der Waals surface area contributed by atoms with Crippen LogP contribution >= 0.6 is 0 Å². The monoisotopic (exact) mass is 381 g/mol. The number of pyridine rings is 2. The van der Waals surface area contributed by atoms with Gasteiger partial charge in [0.25, 0.3) is 0 Å². The van der Waals surface area contributed by atoms with Crippen molar-refractivity contribution in [2.45, 2.75) is 12.8 Å². The molecular formula is C23H19N5O. The fourth-order valence-electron chi connectivity index (χ4n) is 3.77. The van der Waals surface area contributed by atoms with Crippen LogP contribution in [0.25, 0.3) is 33.9 Å². The maximum Gasteiger partial charge on any atom is 0.140 e. The normalized spacial score (nSPS) is 14.2. The summed E-state index contributed by atoms with van der Waals surface area (Å²) in [6.07, 6.45) is 9.01. The Morgan fingerprint density at radius 2 is 1.83 bits per heavy atom. The van der Waals surface area contributed by atoms with Crippen molar-refractivity contribution in [3.8, 4) is 33.9 Å². The van der Waals surface area contributed by atoms with Crippen LogP contribution in [0.4, 0.5) is 0 Å². The fourth-order valence-corrected chi connectivity index (χ4v) is 3.77. The zero-order valence-electron chi connectivity index (χ0n) is 16.0. The van der Waals surface area contributed by atoms with Gasteiger partial charge < -0.3 is 9.82 Å². The number of nitrogens with zero attached hydrogens (tertiary/aromatic N) is 4. The minimum absolute atomic E-state index is 0.794. The molecule has 142 valence electrons. The van der Waals surface area contributed by atoms with Crippen LogP contribution in [0.2, 0.25) is 0 Å². The maximum absolute atomic E-state index is 4.99. The molecule has 0 spiro atoms. The van der Waals surface area contributed by atoms with Crippen molar-refractivity contribution in [2.24, 2.45) is 5.16 Å². The van der Waals surface area contributed by atoms with E-state index in [1.807, 2.05) is 30.5 Å². The quantitative estimate of drug-likeness (QED) is 0.528. The average Bonchev–Trinajstić information content (AvgIpc) is 3.40. The van der Waals surface area contributed by atoms with Gasteiger partial charge in [-0.3, -0.25) is 9.97 Å². The number of benzene rings is 1. The second kappa shape index (κ2) is 7.31. The molecule has 0 saturated carbocycles. The van der Waals surface area contributed by atoms with E-state index >= 15 is 0 Å². The first-order valence-corrected chi connectivity index (χ1v) is 9.48. The highest BCUT2D eigenvalue weighted by molar-refractivity contribution is 6.04. The molecule has 0 aliphatic heterocycles. The van der Waals surface area contributed by atoms with Crippen LogP contribution in [0.15, 0.2) is 72.4 Å². The Morgan fingerprint density at radius 1 is 0.931 bits per heavy atom. The number of hydrogen-bond donors (Lipinski definition) is 1. The Balaban J connectivity index is 1.65. The Bertz CT molecular complexity index is 1180. The van der Waals surface area contributed by atoms with Gasteiger partial charge in [-0.05, 0) is 48.7 Å². The third kappa shape index (κ3) is 3.18. The van der Waals surface area contributed by atoms with Gasteiger partial charge in [-0.15, -0.1) is 0 Å². The number of rotatable bonds is 4. The van der Waals surface area contributed by atoms with Gasteiger partial charge in [-0.1, -0.05) is 17.3 Å². The van der Waals surface area contributed by atoms with Gasteiger partial charge in [0, 0.05) is 47.0 Å². The molecule has 4 aromatic rings. The maximum atomic E-state index is 4.99. The lowest BCUT2D eigenvalue weighted by Gasteiger charge is -2.06. The SMILES string of the molecule is CON=C1CCc2cc(-c3nc(-c4cccnc4)[nH]c3-c3ccncc3)ccc21. The smallest absolute Gasteiger partial charge is 0.140 e. The van der Waals surface area contributed by atoms with Crippen LogP contribution in [-0.2, 0) is 11.3 Å². The highest BCUT2D eigenvalue weighted by atomic mass is 16.6. The van der Waals surface area contributed by atoms with Gasteiger partial charge in [0.05, 0.1) is 17.1 Å². The number of fused-ring (bicyclic) bond motifs is 1. The molecule has 1 aromatic carbocycles. The van der Waals surface area contributed by atoms with Crippen molar-refractivity contribution in [3.63, 3.8) is 0 Å². The molecule has 6 nitrogen and oxygen atoms in total. The van der Waals surface area contributed by atoms with Crippen LogP contribution in [0.3, 0.4) is 0 Å². The van der Waals surface area contributed by atoms with Crippen LogP contribution in [-0.4, -0.2) is 32.8 Å². The highest BCUT2D eigenvalue weighted by Gasteiger charge is 2.21. The van der Waals surface area contributed by atoms with Crippen LogP contribution in [0.1, 0.15) is 17.5 Å². The lowest BCUT2D eigenvalue weighted by atomic mass is 10.0. The molecular weight excluding hydrogens is 362 g/mol. The third-order valence-electron chi connectivity index (χ3n) is 5.13. The largest absolute Gasteiger partial charge is 0.399 e. The Kier molecular flexibility index (Phi) is 4.37. The Labute approximate surface area is 168 Å². The molecule has 0 amide bonds. The van der Waals surface area contributed by atoms with Crippen LogP contribution in [0.5, 0.6) is 0 Å². The van der Waals surface area contributed by atoms with Gasteiger partial charge in [-0.2, -0.15) is 0 Å². The van der Waals surface area contributed by atoms with Gasteiger partial charge in [0.1, 0.15) is 12.9 Å². The van der Waals surface area contributed by atoms with Crippen molar-refractivity contribution in [2.75, 3.05) is 7.11 Å². The minimum Gasteiger partial charge on any atom is -0.399 e. The predicted octanol–water partition coefficient (Wildman–Crippen LogP) is 4.50. The first-order chi connectivity index (χ1) is 14.3. The van der Waals surface area contributed by atoms with Crippen molar-refractivity contribution >= 4 is 5.71 Å². The van der Waals surface area contributed by atoms with Gasteiger partial charge in [0.2, 0.25) is 0 Å². The molecule has 29 heavy (non-hydrogen) atoms. The number of H-pyrrole nitrogens is 1.